The van der Waals surface area contributed by atoms with E-state index in [-0.39, 0.29) is 12.3 Å². The molecule has 148 valence electrons. The second kappa shape index (κ2) is 7.46. The molecule has 3 rings (SSSR count). The minimum atomic E-state index is -1.10. The first-order valence-electron chi connectivity index (χ1n) is 9.02. The lowest BCUT2D eigenvalue weighted by Crippen LogP contribution is -2.59. The maximum absolute atomic E-state index is 12.8. The van der Waals surface area contributed by atoms with E-state index in [1.807, 2.05) is 6.92 Å². The molecule has 1 N–H and O–H groups in total. The van der Waals surface area contributed by atoms with Crippen LogP contribution in [-0.4, -0.2) is 35.1 Å². The summed E-state index contributed by atoms with van der Waals surface area (Å²) < 4.78 is 10.2. The largest absolute Gasteiger partial charge is 0.456 e. The number of nitrogens with zero attached hydrogens (tertiary/aromatic N) is 2. The average molecular weight is 385 g/mol. The fourth-order valence-electron chi connectivity index (χ4n) is 3.26. The molecule has 0 atom stereocenters. The van der Waals surface area contributed by atoms with E-state index in [9.17, 15) is 14.4 Å². The van der Waals surface area contributed by atoms with E-state index in [4.69, 9.17) is 9.26 Å². The number of hydrogen-bond donors (Lipinski definition) is 1. The Labute approximate surface area is 162 Å². The van der Waals surface area contributed by atoms with Crippen LogP contribution in [0.1, 0.15) is 37.3 Å². The first-order valence-corrected chi connectivity index (χ1v) is 9.02. The highest BCUT2D eigenvalue weighted by molar-refractivity contribution is 6.14. The lowest BCUT2D eigenvalue weighted by Gasteiger charge is -2.41. The Morgan fingerprint density at radius 1 is 1.25 bits per heavy atom. The van der Waals surface area contributed by atoms with Crippen molar-refractivity contribution in [2.45, 2.75) is 46.1 Å². The first-order chi connectivity index (χ1) is 13.2. The Morgan fingerprint density at radius 3 is 2.64 bits per heavy atom. The van der Waals surface area contributed by atoms with Gasteiger partial charge in [-0.05, 0) is 46.2 Å². The second-order valence-electron chi connectivity index (χ2n) is 7.22. The van der Waals surface area contributed by atoms with Crippen molar-refractivity contribution >= 4 is 29.2 Å². The fraction of sp³-hybridized carbons (Fsp3) is 0.400. The molecule has 1 aromatic heterocycles. The van der Waals surface area contributed by atoms with E-state index in [1.165, 1.54) is 4.90 Å². The predicted molar refractivity (Wildman–Crippen MR) is 102 cm³/mol. The maximum Gasteiger partial charge on any atom is 0.306 e. The SMILES string of the molecule is Cc1noc(C)c1CCC(=O)OCC(=O)N1c2ccccc2NC(=O)C1(C)C. The maximum atomic E-state index is 12.8. The highest BCUT2D eigenvalue weighted by atomic mass is 16.5. The third kappa shape index (κ3) is 3.62. The molecule has 0 unspecified atom stereocenters. The van der Waals surface area contributed by atoms with E-state index < -0.39 is 24.0 Å². The second-order valence-corrected chi connectivity index (χ2v) is 7.22. The zero-order valence-electron chi connectivity index (χ0n) is 16.4. The molecule has 8 heteroatoms. The van der Waals surface area contributed by atoms with Gasteiger partial charge in [-0.2, -0.15) is 0 Å². The van der Waals surface area contributed by atoms with Crippen LogP contribution in [0.15, 0.2) is 28.8 Å². The highest BCUT2D eigenvalue weighted by Crippen LogP contribution is 2.36. The lowest BCUT2D eigenvalue weighted by atomic mass is 9.96. The van der Waals surface area contributed by atoms with Gasteiger partial charge in [-0.3, -0.25) is 19.3 Å². The topological polar surface area (TPSA) is 102 Å². The molecule has 0 aliphatic carbocycles. The molecule has 1 aliphatic heterocycles. The molecular formula is C20H23N3O5. The van der Waals surface area contributed by atoms with Crippen molar-refractivity contribution in [3.63, 3.8) is 0 Å². The van der Waals surface area contributed by atoms with Gasteiger partial charge in [-0.1, -0.05) is 17.3 Å². The van der Waals surface area contributed by atoms with E-state index in [0.29, 0.717) is 23.6 Å². The number of fused-ring (bicyclic) bond motifs is 1. The smallest absolute Gasteiger partial charge is 0.306 e. The Morgan fingerprint density at radius 2 is 1.96 bits per heavy atom. The summed E-state index contributed by atoms with van der Waals surface area (Å²) in [5.41, 5.74) is 1.62. The number of para-hydroxylation sites is 2. The van der Waals surface area contributed by atoms with Crippen molar-refractivity contribution in [3.05, 3.63) is 41.3 Å². The molecule has 0 spiro atoms. The van der Waals surface area contributed by atoms with Gasteiger partial charge in [0.2, 0.25) is 5.91 Å². The molecule has 0 radical (unpaired) electrons. The number of carbonyl (C=O) groups is 3. The molecule has 1 aliphatic rings. The summed E-state index contributed by atoms with van der Waals surface area (Å²) in [4.78, 5) is 38.7. The summed E-state index contributed by atoms with van der Waals surface area (Å²) in [7, 11) is 0. The zero-order valence-corrected chi connectivity index (χ0v) is 16.4. The van der Waals surface area contributed by atoms with Crippen LogP contribution in [0.3, 0.4) is 0 Å². The monoisotopic (exact) mass is 385 g/mol. The summed E-state index contributed by atoms with van der Waals surface area (Å²) in [6.07, 6.45) is 0.533. The normalized spacial score (nSPS) is 15.0. The zero-order chi connectivity index (χ0) is 20.5. The average Bonchev–Trinajstić information content (AvgIpc) is 2.96. The number of carbonyl (C=O) groups excluding carboxylic acids is 3. The van der Waals surface area contributed by atoms with Gasteiger partial charge in [0, 0.05) is 12.0 Å². The molecule has 8 nitrogen and oxygen atoms in total. The molecule has 2 amide bonds. The highest BCUT2D eigenvalue weighted by Gasteiger charge is 2.43. The number of rotatable bonds is 5. The number of aryl methyl sites for hydroxylation is 2. The van der Waals surface area contributed by atoms with Gasteiger partial charge in [0.1, 0.15) is 11.3 Å². The fourth-order valence-corrected chi connectivity index (χ4v) is 3.26. The Bertz CT molecular complexity index is 912. The van der Waals surface area contributed by atoms with Gasteiger partial charge in [0.25, 0.3) is 5.91 Å². The number of hydrogen-bond acceptors (Lipinski definition) is 6. The summed E-state index contributed by atoms with van der Waals surface area (Å²) in [5, 5.41) is 6.64. The molecular weight excluding hydrogens is 362 g/mol. The molecule has 28 heavy (non-hydrogen) atoms. The Kier molecular flexibility index (Phi) is 5.22. The minimum absolute atomic E-state index is 0.108. The van der Waals surface area contributed by atoms with Crippen LogP contribution in [0.5, 0.6) is 0 Å². The number of nitrogens with one attached hydrogen (secondary N) is 1. The first kappa shape index (κ1) is 19.6. The van der Waals surface area contributed by atoms with Gasteiger partial charge in [-0.15, -0.1) is 0 Å². The molecule has 0 saturated heterocycles. The van der Waals surface area contributed by atoms with Crippen molar-refractivity contribution in [2.75, 3.05) is 16.8 Å². The number of ether oxygens (including phenoxy) is 1. The summed E-state index contributed by atoms with van der Waals surface area (Å²) in [6, 6.07) is 7.02. The predicted octanol–water partition coefficient (Wildman–Crippen LogP) is 2.53. The molecule has 0 saturated carbocycles. The molecule has 2 heterocycles. The van der Waals surface area contributed by atoms with E-state index >= 15 is 0 Å². The van der Waals surface area contributed by atoms with Crippen LogP contribution >= 0.6 is 0 Å². The van der Waals surface area contributed by atoms with Crippen molar-refractivity contribution in [3.8, 4) is 0 Å². The van der Waals surface area contributed by atoms with Crippen molar-refractivity contribution in [1.29, 1.82) is 0 Å². The van der Waals surface area contributed by atoms with Crippen molar-refractivity contribution in [2.24, 2.45) is 0 Å². The summed E-state index contributed by atoms with van der Waals surface area (Å²) >= 11 is 0. The molecule has 2 aromatic rings. The van der Waals surface area contributed by atoms with Gasteiger partial charge in [-0.25, -0.2) is 0 Å². The van der Waals surface area contributed by atoms with E-state index in [0.717, 1.165) is 11.3 Å². The van der Waals surface area contributed by atoms with E-state index in [1.54, 1.807) is 45.0 Å². The van der Waals surface area contributed by atoms with Gasteiger partial charge < -0.3 is 14.6 Å². The van der Waals surface area contributed by atoms with Crippen LogP contribution in [0, 0.1) is 13.8 Å². The standard InChI is InChI=1S/C20H23N3O5/c1-12-14(13(2)28-22-12)9-10-18(25)27-11-17(24)23-16-8-6-5-7-15(16)21-19(26)20(23,3)4/h5-8H,9-11H2,1-4H3,(H,21,26). The van der Waals surface area contributed by atoms with Gasteiger partial charge in [0.15, 0.2) is 6.61 Å². The summed E-state index contributed by atoms with van der Waals surface area (Å²) in [5.74, 6) is -0.595. The third-order valence-electron chi connectivity index (χ3n) is 4.87. The van der Waals surface area contributed by atoms with Crippen molar-refractivity contribution in [1.82, 2.24) is 5.16 Å². The van der Waals surface area contributed by atoms with Gasteiger partial charge >= 0.3 is 5.97 Å². The number of anilines is 2. The molecule has 0 bridgehead atoms. The van der Waals surface area contributed by atoms with Crippen LogP contribution in [0.25, 0.3) is 0 Å². The van der Waals surface area contributed by atoms with Crippen LogP contribution in [0.2, 0.25) is 0 Å². The number of esters is 1. The molecule has 1 aromatic carbocycles. The van der Waals surface area contributed by atoms with E-state index in [2.05, 4.69) is 10.5 Å². The lowest BCUT2D eigenvalue weighted by molar-refractivity contribution is -0.148. The van der Waals surface area contributed by atoms with Crippen molar-refractivity contribution < 1.29 is 23.6 Å². The third-order valence-corrected chi connectivity index (χ3v) is 4.87. The molecule has 0 fully saturated rings. The van der Waals surface area contributed by atoms with Crippen LogP contribution < -0.4 is 10.2 Å². The minimum Gasteiger partial charge on any atom is -0.456 e. The Hall–Kier alpha value is -3.16. The van der Waals surface area contributed by atoms with Crippen LogP contribution in [0.4, 0.5) is 11.4 Å². The number of benzene rings is 1. The number of amides is 2. The Balaban J connectivity index is 1.65. The number of aromatic nitrogens is 1. The quantitative estimate of drug-likeness (QED) is 0.794. The van der Waals surface area contributed by atoms with Crippen LogP contribution in [-0.2, 0) is 25.5 Å². The van der Waals surface area contributed by atoms with Gasteiger partial charge in [0.05, 0.1) is 17.1 Å². The summed E-state index contributed by atoms with van der Waals surface area (Å²) in [6.45, 7) is 6.45.